The van der Waals surface area contributed by atoms with Gasteiger partial charge in [0.1, 0.15) is 12.1 Å². The van der Waals surface area contributed by atoms with E-state index in [-0.39, 0.29) is 18.6 Å². The van der Waals surface area contributed by atoms with Gasteiger partial charge in [-0.15, -0.1) is 0 Å². The first kappa shape index (κ1) is 32.3. The number of nitrogens with zero attached hydrogens (tertiary/aromatic N) is 4. The predicted octanol–water partition coefficient (Wildman–Crippen LogP) is 8.07. The number of carbonyl (C=O) groups excluding carboxylic acids is 2. The van der Waals surface area contributed by atoms with Crippen LogP contribution in [0.5, 0.6) is 0 Å². The largest absolute Gasteiger partial charge is 0.445 e. The molecule has 2 fully saturated rings. The van der Waals surface area contributed by atoms with Crippen LogP contribution in [0.1, 0.15) is 42.0 Å². The van der Waals surface area contributed by atoms with Gasteiger partial charge in [-0.2, -0.15) is 5.10 Å². The van der Waals surface area contributed by atoms with Crippen LogP contribution in [0.2, 0.25) is 0 Å². The fraction of sp³-hybridized carbons (Fsp3) is 0.233. The van der Waals surface area contributed by atoms with E-state index in [1.807, 2.05) is 59.5 Å². The number of anilines is 2. The number of hydrogen-bond donors (Lipinski definition) is 1. The molecule has 0 bridgehead atoms. The molecular formula is C43H41N5O3. The molecule has 8 heteroatoms. The van der Waals surface area contributed by atoms with E-state index in [1.54, 1.807) is 4.90 Å². The molecule has 1 atom stereocenters. The van der Waals surface area contributed by atoms with Gasteiger partial charge in [-0.1, -0.05) is 121 Å². The zero-order chi connectivity index (χ0) is 34.8. The summed E-state index contributed by atoms with van der Waals surface area (Å²) < 4.78 is 7.76. The Balaban J connectivity index is 1.16. The molecule has 256 valence electrons. The van der Waals surface area contributed by atoms with Crippen molar-refractivity contribution in [3.63, 3.8) is 0 Å². The van der Waals surface area contributed by atoms with E-state index in [4.69, 9.17) is 9.84 Å². The summed E-state index contributed by atoms with van der Waals surface area (Å²) in [5.74, 6) is 0.820. The van der Waals surface area contributed by atoms with Gasteiger partial charge in [-0.3, -0.25) is 4.79 Å². The Bertz CT molecular complexity index is 2060. The van der Waals surface area contributed by atoms with E-state index in [2.05, 4.69) is 102 Å². The van der Waals surface area contributed by atoms with Gasteiger partial charge in [0.05, 0.1) is 10.9 Å². The first-order valence-electron chi connectivity index (χ1n) is 17.7. The first-order valence-corrected chi connectivity index (χ1v) is 17.7. The van der Waals surface area contributed by atoms with E-state index < -0.39 is 11.0 Å². The van der Waals surface area contributed by atoms with Gasteiger partial charge in [0.15, 0.2) is 5.82 Å². The fourth-order valence-corrected chi connectivity index (χ4v) is 8.02. The second-order valence-electron chi connectivity index (χ2n) is 13.5. The number of aromatic nitrogens is 2. The van der Waals surface area contributed by atoms with Crippen LogP contribution in [0, 0.1) is 5.41 Å². The maximum Gasteiger partial charge on any atom is 0.410 e. The SMILES string of the molecule is CCNc1nn(C(c2ccccc2)(c2ccccc2)c2ccccc2)c2ccc(N3CC[C@]4(CCN(C(=O)OCc5ccccc5)C4)C3=O)cc12. The maximum absolute atomic E-state index is 14.3. The van der Waals surface area contributed by atoms with Gasteiger partial charge < -0.3 is 19.9 Å². The molecule has 0 aliphatic carbocycles. The van der Waals surface area contributed by atoms with Crippen LogP contribution in [0.3, 0.4) is 0 Å². The molecule has 8 nitrogen and oxygen atoms in total. The Morgan fingerprint density at radius 2 is 1.35 bits per heavy atom. The molecule has 0 unspecified atom stereocenters. The van der Waals surface area contributed by atoms with Crippen LogP contribution in [-0.4, -0.2) is 52.9 Å². The minimum Gasteiger partial charge on any atom is -0.445 e. The van der Waals surface area contributed by atoms with Gasteiger partial charge >= 0.3 is 6.09 Å². The molecule has 0 saturated carbocycles. The Morgan fingerprint density at radius 1 is 0.784 bits per heavy atom. The number of ether oxygens (including phenoxy) is 1. The lowest BCUT2D eigenvalue weighted by Gasteiger charge is -2.37. The van der Waals surface area contributed by atoms with Crippen molar-refractivity contribution >= 4 is 34.4 Å². The van der Waals surface area contributed by atoms with Crippen molar-refractivity contribution in [3.05, 3.63) is 162 Å². The minimum atomic E-state index is -0.785. The highest BCUT2D eigenvalue weighted by Gasteiger charge is 2.52. The van der Waals surface area contributed by atoms with Gasteiger partial charge in [-0.25, -0.2) is 9.48 Å². The van der Waals surface area contributed by atoms with Gasteiger partial charge in [-0.05, 0) is 60.2 Å². The zero-order valence-electron chi connectivity index (χ0n) is 28.7. The van der Waals surface area contributed by atoms with Crippen molar-refractivity contribution in [3.8, 4) is 0 Å². The van der Waals surface area contributed by atoms with E-state index in [0.717, 1.165) is 44.7 Å². The second kappa shape index (κ2) is 13.4. The summed E-state index contributed by atoms with van der Waals surface area (Å²) in [7, 11) is 0. The highest BCUT2D eigenvalue weighted by Crippen LogP contribution is 2.46. The molecule has 1 spiro atoms. The minimum absolute atomic E-state index is 0.0600. The number of likely N-dealkylation sites (tertiary alicyclic amines) is 1. The molecule has 6 aromatic rings. The van der Waals surface area contributed by atoms with Gasteiger partial charge in [0.2, 0.25) is 5.91 Å². The van der Waals surface area contributed by atoms with E-state index in [0.29, 0.717) is 39.0 Å². The molecule has 3 heterocycles. The summed E-state index contributed by atoms with van der Waals surface area (Å²) in [6.45, 7) is 4.43. The molecule has 5 aromatic carbocycles. The van der Waals surface area contributed by atoms with E-state index in [1.165, 1.54) is 0 Å². The van der Waals surface area contributed by atoms with Crippen molar-refractivity contribution in [1.82, 2.24) is 14.7 Å². The zero-order valence-corrected chi connectivity index (χ0v) is 28.7. The van der Waals surface area contributed by atoms with Crippen LogP contribution in [0.4, 0.5) is 16.3 Å². The first-order chi connectivity index (χ1) is 25.0. The summed E-state index contributed by atoms with van der Waals surface area (Å²) in [4.78, 5) is 30.9. The average Bonchev–Trinajstić information content (AvgIpc) is 3.88. The lowest BCUT2D eigenvalue weighted by molar-refractivity contribution is -0.124. The highest BCUT2D eigenvalue weighted by atomic mass is 16.6. The van der Waals surface area contributed by atoms with E-state index >= 15 is 0 Å². The van der Waals surface area contributed by atoms with Crippen molar-refractivity contribution in [2.75, 3.05) is 36.4 Å². The molecule has 1 aromatic heterocycles. The normalized spacial score (nSPS) is 17.4. The summed E-state index contributed by atoms with van der Waals surface area (Å²) >= 11 is 0. The van der Waals surface area contributed by atoms with Crippen LogP contribution >= 0.6 is 0 Å². The van der Waals surface area contributed by atoms with Crippen molar-refractivity contribution in [1.29, 1.82) is 0 Å². The molecule has 0 radical (unpaired) electrons. The molecule has 2 aliphatic heterocycles. The number of amides is 2. The quantitative estimate of drug-likeness (QED) is 0.157. The Kier molecular flexibility index (Phi) is 8.52. The second-order valence-corrected chi connectivity index (χ2v) is 13.5. The summed E-state index contributed by atoms with van der Waals surface area (Å²) in [6, 6.07) is 47.5. The Hall–Kier alpha value is -5.89. The third-order valence-electron chi connectivity index (χ3n) is 10.5. The van der Waals surface area contributed by atoms with Crippen molar-refractivity contribution < 1.29 is 14.3 Å². The monoisotopic (exact) mass is 675 g/mol. The molecule has 51 heavy (non-hydrogen) atoms. The maximum atomic E-state index is 14.3. The number of carbonyl (C=O) groups is 2. The lowest BCUT2D eigenvalue weighted by Crippen LogP contribution is -2.39. The van der Waals surface area contributed by atoms with Crippen molar-refractivity contribution in [2.45, 2.75) is 31.9 Å². The molecule has 8 rings (SSSR count). The number of rotatable bonds is 9. The van der Waals surface area contributed by atoms with Gasteiger partial charge in [0, 0.05) is 37.3 Å². The Labute approximate surface area is 298 Å². The fourth-order valence-electron chi connectivity index (χ4n) is 8.02. The summed E-state index contributed by atoms with van der Waals surface area (Å²) in [5, 5.41) is 9.81. The smallest absolute Gasteiger partial charge is 0.410 e. The summed E-state index contributed by atoms with van der Waals surface area (Å²) in [5.41, 5.74) is 4.58. The van der Waals surface area contributed by atoms with Crippen LogP contribution in [0.25, 0.3) is 10.9 Å². The lowest BCUT2D eigenvalue weighted by atomic mass is 9.77. The van der Waals surface area contributed by atoms with Crippen LogP contribution < -0.4 is 10.2 Å². The standard InChI is InChI=1S/C43H41N5O3/c1-2-44-39-37-29-36(47-28-26-42(40(47)49)25-27-46(31-42)41(50)51-30-32-15-7-3-8-16-32)23-24-38(37)48(45-39)43(33-17-9-4-10-18-33,34-19-11-5-12-20-34)35-21-13-6-14-22-35/h3-24,29H,2,25-28,30-31H2,1H3,(H,44,45)/t42-/m0/s1. The molecule has 2 saturated heterocycles. The predicted molar refractivity (Wildman–Crippen MR) is 201 cm³/mol. The van der Waals surface area contributed by atoms with E-state index in [9.17, 15) is 9.59 Å². The number of benzene rings is 5. The van der Waals surface area contributed by atoms with Crippen molar-refractivity contribution in [2.24, 2.45) is 5.41 Å². The average molecular weight is 676 g/mol. The Morgan fingerprint density at radius 3 is 1.94 bits per heavy atom. The molecular weight excluding hydrogens is 635 g/mol. The topological polar surface area (TPSA) is 79.7 Å². The molecule has 2 aliphatic rings. The number of nitrogens with one attached hydrogen (secondary N) is 1. The number of fused-ring (bicyclic) bond motifs is 1. The highest BCUT2D eigenvalue weighted by molar-refractivity contribution is 6.03. The van der Waals surface area contributed by atoms with Gasteiger partial charge in [0.25, 0.3) is 0 Å². The number of hydrogen-bond acceptors (Lipinski definition) is 5. The third-order valence-corrected chi connectivity index (χ3v) is 10.5. The van der Waals surface area contributed by atoms with Crippen LogP contribution in [-0.2, 0) is 21.7 Å². The van der Waals surface area contributed by atoms with Crippen LogP contribution in [0.15, 0.2) is 140 Å². The third kappa shape index (κ3) is 5.61. The molecule has 2 amide bonds. The molecule has 1 N–H and O–H groups in total. The summed E-state index contributed by atoms with van der Waals surface area (Å²) in [6.07, 6.45) is 0.939.